The van der Waals surface area contributed by atoms with Gasteiger partial charge in [0.15, 0.2) is 0 Å². The van der Waals surface area contributed by atoms with Crippen LogP contribution in [-0.2, 0) is 19.2 Å². The summed E-state index contributed by atoms with van der Waals surface area (Å²) in [5, 5.41) is 0.507. The summed E-state index contributed by atoms with van der Waals surface area (Å²) >= 11 is 0. The van der Waals surface area contributed by atoms with E-state index in [9.17, 15) is 14.4 Å². The van der Waals surface area contributed by atoms with E-state index < -0.39 is 17.8 Å². The van der Waals surface area contributed by atoms with Crippen LogP contribution in [0.1, 0.15) is 64.7 Å². The molecular weight excluding hydrogens is 258 g/mol. The van der Waals surface area contributed by atoms with Gasteiger partial charge in [0.1, 0.15) is 0 Å². The maximum absolute atomic E-state index is 11.5. The molecule has 0 unspecified atom stereocenters. The summed E-state index contributed by atoms with van der Waals surface area (Å²) in [6.45, 7) is 2.19. The summed E-state index contributed by atoms with van der Waals surface area (Å²) in [4.78, 5) is 38.5. The standard InChI is InChI=1S/C15H23NO4/c1-2-3-4-5-6-7-8-9-10-15(19)20-16-13(17)11-12-14(16)18/h11-12H,2-10H2,1H3. The molecule has 0 saturated carbocycles. The van der Waals surface area contributed by atoms with Gasteiger partial charge in [0.2, 0.25) is 0 Å². The van der Waals surface area contributed by atoms with Crippen LogP contribution in [0.4, 0.5) is 0 Å². The minimum atomic E-state index is -0.598. The summed E-state index contributed by atoms with van der Waals surface area (Å²) in [7, 11) is 0. The maximum atomic E-state index is 11.5. The summed E-state index contributed by atoms with van der Waals surface area (Å²) in [5.41, 5.74) is 0. The lowest BCUT2D eigenvalue weighted by molar-refractivity contribution is -0.196. The highest BCUT2D eigenvalue weighted by atomic mass is 16.7. The van der Waals surface area contributed by atoms with Crippen molar-refractivity contribution in [1.82, 2.24) is 5.06 Å². The maximum Gasteiger partial charge on any atom is 0.333 e. The normalized spacial score (nSPS) is 14.2. The summed E-state index contributed by atoms with van der Waals surface area (Å²) < 4.78 is 0. The van der Waals surface area contributed by atoms with E-state index in [0.717, 1.165) is 31.4 Å². The van der Waals surface area contributed by atoms with Crippen molar-refractivity contribution in [2.75, 3.05) is 0 Å². The SMILES string of the molecule is CCCCCCCCCCC(=O)ON1C(=O)C=CC1=O. The molecule has 1 aliphatic rings. The molecule has 20 heavy (non-hydrogen) atoms. The minimum absolute atomic E-state index is 0.242. The zero-order valence-electron chi connectivity index (χ0n) is 12.1. The fraction of sp³-hybridized carbons (Fsp3) is 0.667. The Labute approximate surface area is 119 Å². The Bertz CT molecular complexity index is 358. The van der Waals surface area contributed by atoms with Crippen LogP contribution in [0.2, 0.25) is 0 Å². The summed E-state index contributed by atoms with van der Waals surface area (Å²) in [5.74, 6) is -1.72. The van der Waals surface area contributed by atoms with Crippen LogP contribution < -0.4 is 0 Å². The lowest BCUT2D eigenvalue weighted by atomic mass is 10.1. The molecule has 0 saturated heterocycles. The first-order chi connectivity index (χ1) is 9.65. The van der Waals surface area contributed by atoms with Crippen LogP contribution in [0.15, 0.2) is 12.2 Å². The number of carbonyl (C=O) groups excluding carboxylic acids is 3. The molecule has 0 aromatic heterocycles. The van der Waals surface area contributed by atoms with Crippen molar-refractivity contribution < 1.29 is 19.2 Å². The fourth-order valence-electron chi connectivity index (χ4n) is 2.03. The Morgan fingerprint density at radius 1 is 0.950 bits per heavy atom. The van der Waals surface area contributed by atoms with E-state index in [4.69, 9.17) is 4.84 Å². The van der Waals surface area contributed by atoms with Crippen LogP contribution in [0.5, 0.6) is 0 Å². The number of hydrogen-bond donors (Lipinski definition) is 0. The van der Waals surface area contributed by atoms with Gasteiger partial charge < -0.3 is 4.84 Å². The van der Waals surface area contributed by atoms with Crippen molar-refractivity contribution in [2.24, 2.45) is 0 Å². The van der Waals surface area contributed by atoms with Gasteiger partial charge in [0.25, 0.3) is 11.8 Å². The lowest BCUT2D eigenvalue weighted by Gasteiger charge is -2.12. The monoisotopic (exact) mass is 281 g/mol. The molecule has 0 aromatic rings. The number of carbonyl (C=O) groups is 3. The molecule has 0 fully saturated rings. The quantitative estimate of drug-likeness (QED) is 0.456. The Kier molecular flexibility index (Phi) is 7.62. The molecule has 0 bridgehead atoms. The first-order valence-electron chi connectivity index (χ1n) is 7.42. The zero-order valence-corrected chi connectivity index (χ0v) is 12.1. The topological polar surface area (TPSA) is 63.7 Å². The van der Waals surface area contributed by atoms with Gasteiger partial charge in [-0.15, -0.1) is 0 Å². The van der Waals surface area contributed by atoms with E-state index in [1.807, 2.05) is 0 Å². The molecule has 0 aliphatic carbocycles. The van der Waals surface area contributed by atoms with E-state index in [-0.39, 0.29) is 6.42 Å². The van der Waals surface area contributed by atoms with Crippen molar-refractivity contribution in [2.45, 2.75) is 64.7 Å². The Balaban J connectivity index is 2.01. The van der Waals surface area contributed by atoms with Crippen molar-refractivity contribution in [3.05, 3.63) is 12.2 Å². The first-order valence-corrected chi connectivity index (χ1v) is 7.42. The van der Waals surface area contributed by atoms with Gasteiger partial charge >= 0.3 is 5.97 Å². The van der Waals surface area contributed by atoms with Crippen molar-refractivity contribution in [3.63, 3.8) is 0 Å². The third-order valence-corrected chi connectivity index (χ3v) is 3.20. The predicted molar refractivity (Wildman–Crippen MR) is 74.3 cm³/mol. The van der Waals surface area contributed by atoms with Crippen LogP contribution in [-0.4, -0.2) is 22.8 Å². The number of rotatable bonds is 10. The third kappa shape index (κ3) is 5.99. The van der Waals surface area contributed by atoms with E-state index in [2.05, 4.69) is 6.92 Å². The second-order valence-electron chi connectivity index (χ2n) is 4.99. The lowest BCUT2D eigenvalue weighted by Crippen LogP contribution is -2.32. The van der Waals surface area contributed by atoms with Crippen LogP contribution in [0.3, 0.4) is 0 Å². The number of hydrogen-bond acceptors (Lipinski definition) is 4. The predicted octanol–water partition coefficient (Wildman–Crippen LogP) is 2.90. The molecule has 0 radical (unpaired) electrons. The van der Waals surface area contributed by atoms with Crippen molar-refractivity contribution in [3.8, 4) is 0 Å². The minimum Gasteiger partial charge on any atom is -0.330 e. The molecule has 1 rings (SSSR count). The van der Waals surface area contributed by atoms with E-state index in [1.54, 1.807) is 0 Å². The Morgan fingerprint density at radius 2 is 1.45 bits per heavy atom. The van der Waals surface area contributed by atoms with Gasteiger partial charge in [0.05, 0.1) is 0 Å². The van der Waals surface area contributed by atoms with E-state index in [1.165, 1.54) is 32.1 Å². The molecule has 5 heteroatoms. The Hall–Kier alpha value is -1.65. The molecular formula is C15H23NO4. The van der Waals surface area contributed by atoms with Crippen LogP contribution in [0.25, 0.3) is 0 Å². The van der Waals surface area contributed by atoms with Gasteiger partial charge in [-0.25, -0.2) is 4.79 Å². The van der Waals surface area contributed by atoms with E-state index in [0.29, 0.717) is 5.06 Å². The highest BCUT2D eigenvalue weighted by Crippen LogP contribution is 2.11. The molecule has 1 aliphatic heterocycles. The molecule has 112 valence electrons. The number of nitrogens with zero attached hydrogens (tertiary/aromatic N) is 1. The molecule has 2 amide bonds. The highest BCUT2D eigenvalue weighted by molar-refractivity contribution is 6.12. The highest BCUT2D eigenvalue weighted by Gasteiger charge is 2.27. The number of imide groups is 1. The van der Waals surface area contributed by atoms with Gasteiger partial charge in [0, 0.05) is 18.6 Å². The average Bonchev–Trinajstić information content (AvgIpc) is 2.73. The van der Waals surface area contributed by atoms with Crippen LogP contribution in [0, 0.1) is 0 Å². The molecule has 0 N–H and O–H groups in total. The smallest absolute Gasteiger partial charge is 0.330 e. The van der Waals surface area contributed by atoms with E-state index >= 15 is 0 Å². The zero-order chi connectivity index (χ0) is 14.8. The number of hydroxylamine groups is 2. The largest absolute Gasteiger partial charge is 0.333 e. The molecule has 0 spiro atoms. The molecule has 1 heterocycles. The third-order valence-electron chi connectivity index (χ3n) is 3.20. The van der Waals surface area contributed by atoms with Gasteiger partial charge in [-0.1, -0.05) is 56.9 Å². The van der Waals surface area contributed by atoms with Crippen LogP contribution >= 0.6 is 0 Å². The van der Waals surface area contributed by atoms with Gasteiger partial charge in [-0.05, 0) is 6.42 Å². The first kappa shape index (κ1) is 16.4. The second-order valence-corrected chi connectivity index (χ2v) is 4.99. The fourth-order valence-corrected chi connectivity index (χ4v) is 2.03. The Morgan fingerprint density at radius 3 is 2.00 bits per heavy atom. The average molecular weight is 281 g/mol. The summed E-state index contributed by atoms with van der Waals surface area (Å²) in [6, 6.07) is 0. The molecule has 0 aromatic carbocycles. The van der Waals surface area contributed by atoms with Gasteiger partial charge in [-0.3, -0.25) is 9.59 Å². The van der Waals surface area contributed by atoms with Crippen molar-refractivity contribution >= 4 is 17.8 Å². The number of amides is 2. The van der Waals surface area contributed by atoms with Gasteiger partial charge in [-0.2, -0.15) is 0 Å². The second kappa shape index (κ2) is 9.28. The molecule has 0 atom stereocenters. The van der Waals surface area contributed by atoms with Crippen molar-refractivity contribution in [1.29, 1.82) is 0 Å². The summed E-state index contributed by atoms with van der Waals surface area (Å²) in [6.07, 6.45) is 11.5. The number of unbranched alkanes of at least 4 members (excludes halogenated alkanes) is 7. The molecule has 5 nitrogen and oxygen atoms in total.